The molecule has 2 aromatic rings. The van der Waals surface area contributed by atoms with Crippen LogP contribution in [0.4, 0.5) is 13.2 Å². The predicted octanol–water partition coefficient (Wildman–Crippen LogP) is 4.26. The zero-order valence-corrected chi connectivity index (χ0v) is 11.5. The molecule has 19 heavy (non-hydrogen) atoms. The highest BCUT2D eigenvalue weighted by atomic mass is 79.9. The summed E-state index contributed by atoms with van der Waals surface area (Å²) < 4.78 is 41.6. The SMILES string of the molecule is Cc1ccc(F)c(C(O)c2c(F)cccc2Br)c1F. The van der Waals surface area contributed by atoms with Gasteiger partial charge in [-0.1, -0.05) is 28.1 Å². The van der Waals surface area contributed by atoms with E-state index < -0.39 is 29.1 Å². The Labute approximate surface area is 116 Å². The molecular weight excluding hydrogens is 321 g/mol. The van der Waals surface area contributed by atoms with E-state index in [1.807, 2.05) is 0 Å². The number of benzene rings is 2. The highest BCUT2D eigenvalue weighted by Crippen LogP contribution is 2.34. The van der Waals surface area contributed by atoms with Crippen molar-refractivity contribution in [2.24, 2.45) is 0 Å². The van der Waals surface area contributed by atoms with Crippen LogP contribution in [0, 0.1) is 24.4 Å². The molecule has 0 aliphatic heterocycles. The fourth-order valence-electron chi connectivity index (χ4n) is 1.85. The van der Waals surface area contributed by atoms with Crippen LogP contribution in [0.15, 0.2) is 34.8 Å². The largest absolute Gasteiger partial charge is 0.383 e. The lowest BCUT2D eigenvalue weighted by atomic mass is 9.98. The molecule has 0 aliphatic rings. The van der Waals surface area contributed by atoms with Gasteiger partial charge in [0.25, 0.3) is 0 Å². The number of aryl methyl sites for hydroxylation is 1. The Morgan fingerprint density at radius 1 is 1.00 bits per heavy atom. The Kier molecular flexibility index (Phi) is 3.96. The van der Waals surface area contributed by atoms with E-state index in [0.717, 1.165) is 12.1 Å². The summed E-state index contributed by atoms with van der Waals surface area (Å²) in [5.74, 6) is -2.52. The monoisotopic (exact) mass is 330 g/mol. The molecule has 1 nitrogen and oxygen atoms in total. The number of hydrogen-bond donors (Lipinski definition) is 1. The third-order valence-electron chi connectivity index (χ3n) is 2.87. The van der Waals surface area contributed by atoms with E-state index in [-0.39, 0.29) is 15.6 Å². The van der Waals surface area contributed by atoms with Crippen molar-refractivity contribution < 1.29 is 18.3 Å². The van der Waals surface area contributed by atoms with Crippen molar-refractivity contribution >= 4 is 15.9 Å². The van der Waals surface area contributed by atoms with Crippen molar-refractivity contribution in [3.8, 4) is 0 Å². The standard InChI is InChI=1S/C14H10BrF3O/c1-7-5-6-10(17)12(13(7)18)14(19)11-8(15)3-2-4-9(11)16/h2-6,14,19H,1H3. The number of halogens is 4. The van der Waals surface area contributed by atoms with Crippen molar-refractivity contribution in [1.82, 2.24) is 0 Å². The van der Waals surface area contributed by atoms with Gasteiger partial charge in [0.15, 0.2) is 0 Å². The minimum Gasteiger partial charge on any atom is -0.383 e. The van der Waals surface area contributed by atoms with Gasteiger partial charge >= 0.3 is 0 Å². The van der Waals surface area contributed by atoms with Crippen LogP contribution in [0.1, 0.15) is 22.8 Å². The smallest absolute Gasteiger partial charge is 0.135 e. The van der Waals surface area contributed by atoms with Gasteiger partial charge in [-0.15, -0.1) is 0 Å². The molecule has 0 fully saturated rings. The molecule has 1 N–H and O–H groups in total. The molecular formula is C14H10BrF3O. The lowest BCUT2D eigenvalue weighted by Gasteiger charge is -2.16. The third-order valence-corrected chi connectivity index (χ3v) is 3.56. The summed E-state index contributed by atoms with van der Waals surface area (Å²) in [7, 11) is 0. The van der Waals surface area contributed by atoms with E-state index >= 15 is 0 Å². The Bertz CT molecular complexity index is 608. The summed E-state index contributed by atoms with van der Waals surface area (Å²) in [5.41, 5.74) is -0.556. The molecule has 0 aromatic heterocycles. The van der Waals surface area contributed by atoms with Crippen molar-refractivity contribution in [2.45, 2.75) is 13.0 Å². The van der Waals surface area contributed by atoms with Crippen LogP contribution in [0.3, 0.4) is 0 Å². The second-order valence-electron chi connectivity index (χ2n) is 4.13. The van der Waals surface area contributed by atoms with Crippen LogP contribution in [0.5, 0.6) is 0 Å². The minimum atomic E-state index is -1.71. The quantitative estimate of drug-likeness (QED) is 0.872. The fourth-order valence-corrected chi connectivity index (χ4v) is 2.40. The maximum atomic E-state index is 13.9. The van der Waals surface area contributed by atoms with Gasteiger partial charge in [-0.25, -0.2) is 13.2 Å². The molecule has 0 saturated carbocycles. The molecule has 2 aromatic carbocycles. The number of hydrogen-bond acceptors (Lipinski definition) is 1. The van der Waals surface area contributed by atoms with E-state index in [4.69, 9.17) is 0 Å². The first kappa shape index (κ1) is 14.1. The first-order chi connectivity index (χ1) is 8.93. The van der Waals surface area contributed by atoms with Gasteiger partial charge in [0.05, 0.1) is 5.56 Å². The van der Waals surface area contributed by atoms with E-state index in [0.29, 0.717) is 0 Å². The molecule has 0 heterocycles. The average molecular weight is 331 g/mol. The zero-order valence-electron chi connectivity index (χ0n) is 9.92. The van der Waals surface area contributed by atoms with Gasteiger partial charge in [-0.05, 0) is 30.7 Å². The lowest BCUT2D eigenvalue weighted by molar-refractivity contribution is 0.203. The van der Waals surface area contributed by atoms with Crippen molar-refractivity contribution in [3.63, 3.8) is 0 Å². The molecule has 0 amide bonds. The molecule has 0 aliphatic carbocycles. The van der Waals surface area contributed by atoms with Gasteiger partial charge in [-0.2, -0.15) is 0 Å². The maximum absolute atomic E-state index is 13.9. The Morgan fingerprint density at radius 2 is 1.63 bits per heavy atom. The highest BCUT2D eigenvalue weighted by Gasteiger charge is 2.25. The Morgan fingerprint density at radius 3 is 2.26 bits per heavy atom. The summed E-state index contributed by atoms with van der Waals surface area (Å²) in [6.07, 6.45) is -1.71. The predicted molar refractivity (Wildman–Crippen MR) is 69.3 cm³/mol. The molecule has 1 unspecified atom stereocenters. The first-order valence-corrected chi connectivity index (χ1v) is 6.29. The summed E-state index contributed by atoms with van der Waals surface area (Å²) in [4.78, 5) is 0. The highest BCUT2D eigenvalue weighted by molar-refractivity contribution is 9.10. The normalized spacial score (nSPS) is 12.5. The van der Waals surface area contributed by atoms with E-state index in [9.17, 15) is 18.3 Å². The third kappa shape index (κ3) is 2.53. The van der Waals surface area contributed by atoms with Gasteiger partial charge < -0.3 is 5.11 Å². The van der Waals surface area contributed by atoms with Crippen LogP contribution in [0.2, 0.25) is 0 Å². The molecule has 100 valence electrons. The lowest BCUT2D eigenvalue weighted by Crippen LogP contribution is -2.09. The summed E-state index contributed by atoms with van der Waals surface area (Å²) >= 11 is 3.07. The summed E-state index contributed by atoms with van der Waals surface area (Å²) in [5, 5.41) is 10.1. The van der Waals surface area contributed by atoms with Gasteiger partial charge in [0.1, 0.15) is 23.6 Å². The van der Waals surface area contributed by atoms with Crippen molar-refractivity contribution in [1.29, 1.82) is 0 Å². The summed E-state index contributed by atoms with van der Waals surface area (Å²) in [6.45, 7) is 1.45. The maximum Gasteiger partial charge on any atom is 0.135 e. The van der Waals surface area contributed by atoms with Crippen LogP contribution in [-0.4, -0.2) is 5.11 Å². The van der Waals surface area contributed by atoms with Crippen molar-refractivity contribution in [3.05, 3.63) is 68.9 Å². The fraction of sp³-hybridized carbons (Fsp3) is 0.143. The number of aliphatic hydroxyl groups excluding tert-OH is 1. The second-order valence-corrected chi connectivity index (χ2v) is 4.98. The number of aliphatic hydroxyl groups is 1. The van der Waals surface area contributed by atoms with Gasteiger partial charge in [-0.3, -0.25) is 0 Å². The van der Waals surface area contributed by atoms with E-state index in [1.165, 1.54) is 25.1 Å². The van der Waals surface area contributed by atoms with Crippen LogP contribution in [0.25, 0.3) is 0 Å². The summed E-state index contributed by atoms with van der Waals surface area (Å²) in [6, 6.07) is 6.35. The van der Waals surface area contributed by atoms with Crippen LogP contribution >= 0.6 is 15.9 Å². The first-order valence-electron chi connectivity index (χ1n) is 5.50. The van der Waals surface area contributed by atoms with Crippen molar-refractivity contribution in [2.75, 3.05) is 0 Å². The van der Waals surface area contributed by atoms with Crippen LogP contribution < -0.4 is 0 Å². The molecule has 0 saturated heterocycles. The molecule has 0 bridgehead atoms. The topological polar surface area (TPSA) is 20.2 Å². The number of rotatable bonds is 2. The van der Waals surface area contributed by atoms with E-state index in [2.05, 4.69) is 15.9 Å². The average Bonchev–Trinajstić information content (AvgIpc) is 2.34. The van der Waals surface area contributed by atoms with E-state index in [1.54, 1.807) is 0 Å². The molecule has 1 atom stereocenters. The molecule has 5 heteroatoms. The molecule has 0 radical (unpaired) electrons. The second kappa shape index (κ2) is 5.35. The zero-order chi connectivity index (χ0) is 14.2. The minimum absolute atomic E-state index is 0.183. The Balaban J connectivity index is 2.63. The van der Waals surface area contributed by atoms with Crippen LogP contribution in [-0.2, 0) is 0 Å². The molecule has 2 rings (SSSR count). The van der Waals surface area contributed by atoms with Gasteiger partial charge in [0.2, 0.25) is 0 Å². The van der Waals surface area contributed by atoms with Gasteiger partial charge in [0, 0.05) is 10.0 Å². The molecule has 0 spiro atoms. The Hall–Kier alpha value is -1.33.